The van der Waals surface area contributed by atoms with Gasteiger partial charge in [0.2, 0.25) is 0 Å². The van der Waals surface area contributed by atoms with E-state index in [1.54, 1.807) is 0 Å². The van der Waals surface area contributed by atoms with Crippen LogP contribution >= 0.6 is 24.0 Å². The second-order valence-corrected chi connectivity index (χ2v) is 6.92. The highest BCUT2D eigenvalue weighted by molar-refractivity contribution is 6.33. The standard InChI is InChI=1S/C16H22ClF3N4.ClH/c17-14-9-13(16(18,19)20)10-22-15(14)24-7-5-23(6-8-24)11-12-1-3-21-4-2-12;/h9-10,12,21H,1-8,11H2;1H. The SMILES string of the molecule is Cl.FC(F)(F)c1cnc(N2CCN(CC3CCNCC3)CC2)c(Cl)c1. The lowest BCUT2D eigenvalue weighted by molar-refractivity contribution is -0.137. The fourth-order valence-electron chi connectivity index (χ4n) is 3.39. The van der Waals surface area contributed by atoms with Crippen LogP contribution in [0.5, 0.6) is 0 Å². The molecule has 0 radical (unpaired) electrons. The van der Waals surface area contributed by atoms with Gasteiger partial charge in [-0.2, -0.15) is 13.2 Å². The van der Waals surface area contributed by atoms with Gasteiger partial charge in [0.1, 0.15) is 5.82 Å². The van der Waals surface area contributed by atoms with Crippen molar-refractivity contribution in [3.63, 3.8) is 0 Å². The zero-order valence-corrected chi connectivity index (χ0v) is 15.4. The quantitative estimate of drug-likeness (QED) is 0.846. The summed E-state index contributed by atoms with van der Waals surface area (Å²) in [5.41, 5.74) is -0.805. The van der Waals surface area contributed by atoms with Crippen molar-refractivity contribution in [2.45, 2.75) is 19.0 Å². The molecule has 3 rings (SSSR count). The second-order valence-electron chi connectivity index (χ2n) is 6.51. The molecule has 0 aromatic carbocycles. The summed E-state index contributed by atoms with van der Waals surface area (Å²) in [4.78, 5) is 8.36. The van der Waals surface area contributed by atoms with Crippen molar-refractivity contribution in [2.75, 3.05) is 50.7 Å². The van der Waals surface area contributed by atoms with E-state index < -0.39 is 11.7 Å². The molecule has 0 amide bonds. The maximum atomic E-state index is 12.7. The topological polar surface area (TPSA) is 31.4 Å². The molecule has 2 aliphatic rings. The molecular formula is C16H23Cl2F3N4. The van der Waals surface area contributed by atoms with Gasteiger partial charge in [-0.15, -0.1) is 12.4 Å². The first-order valence-corrected chi connectivity index (χ1v) is 8.72. The number of alkyl halides is 3. The first-order chi connectivity index (χ1) is 11.4. The van der Waals surface area contributed by atoms with Gasteiger partial charge >= 0.3 is 6.18 Å². The molecule has 2 fully saturated rings. The highest BCUT2D eigenvalue weighted by Gasteiger charge is 2.32. The monoisotopic (exact) mass is 398 g/mol. The third kappa shape index (κ3) is 5.36. The number of hydrogen-bond donors (Lipinski definition) is 1. The van der Waals surface area contributed by atoms with Crippen LogP contribution in [-0.4, -0.2) is 55.7 Å². The average Bonchev–Trinajstić information content (AvgIpc) is 2.56. The first-order valence-electron chi connectivity index (χ1n) is 8.34. The number of piperidine rings is 1. The van der Waals surface area contributed by atoms with Crippen molar-refractivity contribution in [3.05, 3.63) is 22.8 Å². The lowest BCUT2D eigenvalue weighted by Gasteiger charge is -2.38. The fourth-order valence-corrected chi connectivity index (χ4v) is 3.68. The van der Waals surface area contributed by atoms with Crippen molar-refractivity contribution >= 4 is 29.8 Å². The number of nitrogens with zero attached hydrogens (tertiary/aromatic N) is 3. The molecule has 0 bridgehead atoms. The minimum Gasteiger partial charge on any atom is -0.353 e. The Labute approximate surface area is 157 Å². The van der Waals surface area contributed by atoms with Crippen LogP contribution in [-0.2, 0) is 6.18 Å². The van der Waals surface area contributed by atoms with E-state index in [4.69, 9.17) is 11.6 Å². The number of hydrogen-bond acceptors (Lipinski definition) is 4. The highest BCUT2D eigenvalue weighted by Crippen LogP contribution is 2.33. The molecule has 25 heavy (non-hydrogen) atoms. The van der Waals surface area contributed by atoms with Gasteiger partial charge in [-0.3, -0.25) is 4.90 Å². The summed E-state index contributed by atoms with van der Waals surface area (Å²) in [6.45, 7) is 6.55. The normalized spacial score (nSPS) is 20.4. The predicted octanol–water partition coefficient (Wildman–Crippen LogP) is 3.30. The third-order valence-electron chi connectivity index (χ3n) is 4.80. The third-order valence-corrected chi connectivity index (χ3v) is 5.07. The molecular weight excluding hydrogens is 376 g/mol. The molecule has 0 spiro atoms. The van der Waals surface area contributed by atoms with Crippen molar-refractivity contribution < 1.29 is 13.2 Å². The number of anilines is 1. The van der Waals surface area contributed by atoms with E-state index in [1.165, 1.54) is 12.8 Å². The van der Waals surface area contributed by atoms with Crippen LogP contribution in [0.2, 0.25) is 5.02 Å². The summed E-state index contributed by atoms with van der Waals surface area (Å²) in [5, 5.41) is 3.44. The summed E-state index contributed by atoms with van der Waals surface area (Å²) >= 11 is 6.04. The van der Waals surface area contributed by atoms with E-state index in [-0.39, 0.29) is 17.4 Å². The number of piperazine rings is 1. The predicted molar refractivity (Wildman–Crippen MR) is 95.7 cm³/mol. The highest BCUT2D eigenvalue weighted by atomic mass is 35.5. The molecule has 3 heterocycles. The van der Waals surface area contributed by atoms with E-state index in [1.807, 2.05) is 4.90 Å². The number of halogens is 5. The summed E-state index contributed by atoms with van der Waals surface area (Å²) < 4.78 is 38.1. The maximum absolute atomic E-state index is 12.7. The van der Waals surface area contributed by atoms with Crippen molar-refractivity contribution in [1.82, 2.24) is 15.2 Å². The minimum atomic E-state index is -4.41. The van der Waals surface area contributed by atoms with Crippen LogP contribution in [0.15, 0.2) is 12.3 Å². The molecule has 4 nitrogen and oxygen atoms in total. The zero-order chi connectivity index (χ0) is 17.2. The summed E-state index contributed by atoms with van der Waals surface area (Å²) in [6, 6.07) is 0.964. The smallest absolute Gasteiger partial charge is 0.353 e. The van der Waals surface area contributed by atoms with Crippen LogP contribution in [0.4, 0.5) is 19.0 Å². The van der Waals surface area contributed by atoms with Gasteiger partial charge in [-0.05, 0) is 37.9 Å². The van der Waals surface area contributed by atoms with Crippen LogP contribution < -0.4 is 10.2 Å². The summed E-state index contributed by atoms with van der Waals surface area (Å²) in [5.74, 6) is 1.19. The molecule has 0 saturated carbocycles. The van der Waals surface area contributed by atoms with Crippen molar-refractivity contribution in [3.8, 4) is 0 Å². The van der Waals surface area contributed by atoms with Gasteiger partial charge < -0.3 is 10.2 Å². The van der Waals surface area contributed by atoms with Gasteiger partial charge in [-0.1, -0.05) is 11.6 Å². The molecule has 142 valence electrons. The van der Waals surface area contributed by atoms with Crippen LogP contribution in [0.3, 0.4) is 0 Å². The van der Waals surface area contributed by atoms with Gasteiger partial charge in [0.05, 0.1) is 10.6 Å². The molecule has 0 unspecified atom stereocenters. The van der Waals surface area contributed by atoms with Crippen LogP contribution in [0.1, 0.15) is 18.4 Å². The van der Waals surface area contributed by atoms with Gasteiger partial charge in [0.15, 0.2) is 0 Å². The summed E-state index contributed by atoms with van der Waals surface area (Å²) in [6.07, 6.45) is -1.12. The number of rotatable bonds is 3. The second kappa shape index (κ2) is 8.75. The van der Waals surface area contributed by atoms with Crippen LogP contribution in [0, 0.1) is 5.92 Å². The Kier molecular flexibility index (Phi) is 7.19. The maximum Gasteiger partial charge on any atom is 0.417 e. The van der Waals surface area contributed by atoms with E-state index in [2.05, 4.69) is 15.2 Å². The van der Waals surface area contributed by atoms with E-state index in [0.717, 1.165) is 64.0 Å². The molecule has 2 saturated heterocycles. The molecule has 1 aromatic rings. The van der Waals surface area contributed by atoms with E-state index in [0.29, 0.717) is 5.82 Å². The fraction of sp³-hybridized carbons (Fsp3) is 0.688. The van der Waals surface area contributed by atoms with E-state index >= 15 is 0 Å². The Hall–Kier alpha value is -0.760. The molecule has 1 aromatic heterocycles. The minimum absolute atomic E-state index is 0. The first kappa shape index (κ1) is 20.6. The Morgan fingerprint density at radius 2 is 1.80 bits per heavy atom. The number of pyridine rings is 1. The lowest BCUT2D eigenvalue weighted by Crippen LogP contribution is -2.49. The molecule has 1 N–H and O–H groups in total. The van der Waals surface area contributed by atoms with Crippen LogP contribution in [0.25, 0.3) is 0 Å². The Morgan fingerprint density at radius 3 is 2.36 bits per heavy atom. The molecule has 9 heteroatoms. The zero-order valence-electron chi connectivity index (χ0n) is 13.9. The van der Waals surface area contributed by atoms with Gasteiger partial charge in [0.25, 0.3) is 0 Å². The molecule has 0 aliphatic carbocycles. The number of aromatic nitrogens is 1. The average molecular weight is 399 g/mol. The Bertz CT molecular complexity index is 557. The lowest BCUT2D eigenvalue weighted by atomic mass is 9.97. The molecule has 0 atom stereocenters. The Balaban J connectivity index is 0.00000225. The number of nitrogens with one attached hydrogen (secondary N) is 1. The van der Waals surface area contributed by atoms with Crippen molar-refractivity contribution in [2.24, 2.45) is 5.92 Å². The largest absolute Gasteiger partial charge is 0.417 e. The Morgan fingerprint density at radius 1 is 1.16 bits per heavy atom. The molecule has 2 aliphatic heterocycles. The van der Waals surface area contributed by atoms with Gasteiger partial charge in [0, 0.05) is 38.9 Å². The summed E-state index contributed by atoms with van der Waals surface area (Å²) in [7, 11) is 0. The van der Waals surface area contributed by atoms with Gasteiger partial charge in [-0.25, -0.2) is 4.98 Å². The van der Waals surface area contributed by atoms with E-state index in [9.17, 15) is 13.2 Å². The van der Waals surface area contributed by atoms with Crippen molar-refractivity contribution in [1.29, 1.82) is 0 Å².